The van der Waals surface area contributed by atoms with Gasteiger partial charge in [-0.05, 0) is 12.1 Å². The van der Waals surface area contributed by atoms with Crippen molar-refractivity contribution in [3.8, 4) is 11.5 Å². The van der Waals surface area contributed by atoms with Gasteiger partial charge in [0.25, 0.3) is 0 Å². The van der Waals surface area contributed by atoms with Crippen molar-refractivity contribution in [3.05, 3.63) is 24.3 Å². The molecule has 0 heterocycles. The molecule has 17 heavy (non-hydrogen) atoms. The molecule has 0 saturated carbocycles. The van der Waals surface area contributed by atoms with Gasteiger partial charge in [0.1, 0.15) is 0 Å². The average molecular weight is 265 g/mol. The Bertz CT molecular complexity index is 395. The van der Waals surface area contributed by atoms with Crippen LogP contribution in [0.15, 0.2) is 24.3 Å². The quantitative estimate of drug-likeness (QED) is 0.831. The summed E-state index contributed by atoms with van der Waals surface area (Å²) in [4.78, 5) is 0.235. The first-order valence-corrected chi connectivity index (χ1v) is 5.05. The van der Waals surface area contributed by atoms with Crippen LogP contribution in [0.2, 0.25) is 0 Å². The fourth-order valence-electron chi connectivity index (χ4n) is 1.04. The van der Waals surface area contributed by atoms with E-state index in [9.17, 15) is 13.2 Å². The van der Waals surface area contributed by atoms with Gasteiger partial charge in [-0.2, -0.15) is 0 Å². The Morgan fingerprint density at radius 1 is 1.24 bits per heavy atom. The van der Waals surface area contributed by atoms with E-state index in [0.29, 0.717) is 0 Å². The second-order valence-corrected chi connectivity index (χ2v) is 3.58. The van der Waals surface area contributed by atoms with E-state index in [2.05, 4.69) is 17.0 Å². The number of rotatable bonds is 5. The average Bonchev–Trinajstić information content (AvgIpc) is 2.17. The number of benzene rings is 1. The maximum atomic E-state index is 12.1. The predicted molar refractivity (Wildman–Crippen MR) is 60.0 cm³/mol. The molecule has 0 unspecified atom stereocenters. The molecule has 7 heteroatoms. The molecule has 2 N–H and O–H groups in total. The first-order valence-electron chi connectivity index (χ1n) is 4.64. The van der Waals surface area contributed by atoms with Gasteiger partial charge in [0, 0.05) is 6.42 Å². The summed E-state index contributed by atoms with van der Waals surface area (Å²) >= 11 is 4.62. The molecule has 0 aliphatic carbocycles. The van der Waals surface area contributed by atoms with Crippen LogP contribution in [0.3, 0.4) is 0 Å². The van der Waals surface area contributed by atoms with Crippen LogP contribution in [-0.4, -0.2) is 18.0 Å². The Kier molecular flexibility index (Phi) is 4.56. The Balaban J connectivity index is 2.67. The third-order valence-electron chi connectivity index (χ3n) is 1.68. The van der Waals surface area contributed by atoms with E-state index >= 15 is 0 Å². The molecule has 1 aromatic carbocycles. The summed E-state index contributed by atoms with van der Waals surface area (Å²) in [6, 6.07) is 5.51. The van der Waals surface area contributed by atoms with E-state index in [1.807, 2.05) is 0 Å². The molecular weight excluding hydrogens is 255 g/mol. The van der Waals surface area contributed by atoms with Crippen molar-refractivity contribution in [2.45, 2.75) is 12.8 Å². The molecule has 0 aliphatic heterocycles. The molecule has 0 atom stereocenters. The summed E-state index contributed by atoms with van der Waals surface area (Å²) < 4.78 is 45.1. The topological polar surface area (TPSA) is 44.5 Å². The van der Waals surface area contributed by atoms with E-state index < -0.39 is 6.36 Å². The van der Waals surface area contributed by atoms with Gasteiger partial charge in [0.2, 0.25) is 0 Å². The van der Waals surface area contributed by atoms with Gasteiger partial charge in [0.15, 0.2) is 11.5 Å². The molecule has 0 saturated heterocycles. The molecule has 0 bridgehead atoms. The van der Waals surface area contributed by atoms with Crippen LogP contribution in [0.4, 0.5) is 13.2 Å². The summed E-state index contributed by atoms with van der Waals surface area (Å²) in [5.74, 6) is -0.385. The molecular formula is C10H10F3NO2S. The fourth-order valence-corrected chi connectivity index (χ4v) is 1.12. The zero-order valence-corrected chi connectivity index (χ0v) is 9.48. The lowest BCUT2D eigenvalue weighted by atomic mass is 10.3. The van der Waals surface area contributed by atoms with Crippen molar-refractivity contribution in [1.82, 2.24) is 0 Å². The summed E-state index contributed by atoms with van der Waals surface area (Å²) in [5, 5.41) is 0. The lowest BCUT2D eigenvalue weighted by molar-refractivity contribution is -0.275. The molecule has 0 radical (unpaired) electrons. The number of halogens is 3. The van der Waals surface area contributed by atoms with Gasteiger partial charge in [0.05, 0.1) is 11.6 Å². The van der Waals surface area contributed by atoms with Crippen molar-refractivity contribution in [2.24, 2.45) is 5.73 Å². The predicted octanol–water partition coefficient (Wildman–Crippen LogP) is 2.64. The third-order valence-corrected chi connectivity index (χ3v) is 1.88. The van der Waals surface area contributed by atoms with Crippen molar-refractivity contribution in [1.29, 1.82) is 0 Å². The first kappa shape index (κ1) is 13.6. The minimum atomic E-state index is -4.75. The van der Waals surface area contributed by atoms with Gasteiger partial charge in [-0.1, -0.05) is 24.4 Å². The second kappa shape index (κ2) is 5.72. The Morgan fingerprint density at radius 3 is 2.35 bits per heavy atom. The van der Waals surface area contributed by atoms with E-state index in [0.717, 1.165) is 0 Å². The highest BCUT2D eigenvalue weighted by Gasteiger charge is 2.32. The van der Waals surface area contributed by atoms with E-state index in [-0.39, 0.29) is 29.5 Å². The lowest BCUT2D eigenvalue weighted by Gasteiger charge is -2.13. The van der Waals surface area contributed by atoms with Crippen LogP contribution in [0.5, 0.6) is 11.5 Å². The number of hydrogen-bond donors (Lipinski definition) is 1. The Morgan fingerprint density at radius 2 is 1.82 bits per heavy atom. The molecule has 1 rings (SSSR count). The van der Waals surface area contributed by atoms with Crippen LogP contribution in [0.25, 0.3) is 0 Å². The van der Waals surface area contributed by atoms with Gasteiger partial charge in [-0.3, -0.25) is 0 Å². The highest BCUT2D eigenvalue weighted by molar-refractivity contribution is 7.80. The van der Waals surface area contributed by atoms with Crippen molar-refractivity contribution < 1.29 is 22.6 Å². The first-order chi connectivity index (χ1) is 7.88. The molecule has 0 fully saturated rings. The largest absolute Gasteiger partial charge is 0.573 e. The van der Waals surface area contributed by atoms with E-state index in [1.165, 1.54) is 18.2 Å². The highest BCUT2D eigenvalue weighted by Crippen LogP contribution is 2.31. The molecule has 0 spiro atoms. The molecule has 3 nitrogen and oxygen atoms in total. The maximum Gasteiger partial charge on any atom is 0.573 e. The Hall–Kier alpha value is -1.50. The Labute approximate surface area is 101 Å². The van der Waals surface area contributed by atoms with Gasteiger partial charge in [-0.25, -0.2) is 0 Å². The number of ether oxygens (including phenoxy) is 2. The maximum absolute atomic E-state index is 12.1. The fraction of sp³-hybridized carbons (Fsp3) is 0.300. The number of hydrogen-bond acceptors (Lipinski definition) is 3. The van der Waals surface area contributed by atoms with Crippen LogP contribution < -0.4 is 15.2 Å². The van der Waals surface area contributed by atoms with E-state index in [1.54, 1.807) is 6.07 Å². The normalized spacial score (nSPS) is 11.0. The van der Waals surface area contributed by atoms with Gasteiger partial charge >= 0.3 is 6.36 Å². The van der Waals surface area contributed by atoms with Gasteiger partial charge in [-0.15, -0.1) is 13.2 Å². The van der Waals surface area contributed by atoms with Crippen molar-refractivity contribution in [3.63, 3.8) is 0 Å². The smallest absolute Gasteiger partial charge is 0.489 e. The molecule has 0 amide bonds. The number of para-hydroxylation sites is 2. The standard InChI is InChI=1S/C10H10F3NO2S/c11-10(12,13)16-8-4-2-1-3-7(8)15-6-5-9(14)17/h1-4H,5-6H2,(H2,14,17). The number of alkyl halides is 3. The number of nitrogens with two attached hydrogens (primary N) is 1. The van der Waals surface area contributed by atoms with Crippen LogP contribution in [0, 0.1) is 0 Å². The SMILES string of the molecule is NC(=S)CCOc1ccccc1OC(F)(F)F. The minimum absolute atomic E-state index is 0.000995. The molecule has 1 aromatic rings. The van der Waals surface area contributed by atoms with Crippen LogP contribution in [0.1, 0.15) is 6.42 Å². The lowest BCUT2D eigenvalue weighted by Crippen LogP contribution is -2.18. The van der Waals surface area contributed by atoms with Crippen LogP contribution in [-0.2, 0) is 0 Å². The van der Waals surface area contributed by atoms with Crippen molar-refractivity contribution in [2.75, 3.05) is 6.61 Å². The summed E-state index contributed by atoms with van der Waals surface area (Å²) in [7, 11) is 0. The second-order valence-electron chi connectivity index (χ2n) is 3.06. The molecule has 94 valence electrons. The number of thiocarbonyl (C=S) groups is 1. The van der Waals surface area contributed by atoms with E-state index in [4.69, 9.17) is 10.5 Å². The highest BCUT2D eigenvalue weighted by atomic mass is 32.1. The molecule has 0 aliphatic rings. The van der Waals surface area contributed by atoms with Crippen LogP contribution >= 0.6 is 12.2 Å². The molecule has 0 aromatic heterocycles. The van der Waals surface area contributed by atoms with Crippen molar-refractivity contribution >= 4 is 17.2 Å². The zero-order valence-electron chi connectivity index (χ0n) is 8.66. The summed E-state index contributed by atoms with van der Waals surface area (Å²) in [6.45, 7) is 0.105. The monoisotopic (exact) mass is 265 g/mol. The summed E-state index contributed by atoms with van der Waals surface area (Å²) in [6.07, 6.45) is -4.46. The van der Waals surface area contributed by atoms with Gasteiger partial charge < -0.3 is 15.2 Å². The third kappa shape index (κ3) is 5.39. The zero-order chi connectivity index (χ0) is 12.9. The summed E-state index contributed by atoms with van der Waals surface area (Å²) in [5.41, 5.74) is 5.24. The minimum Gasteiger partial charge on any atom is -0.489 e.